The highest BCUT2D eigenvalue weighted by Crippen LogP contribution is 2.33. The highest BCUT2D eigenvalue weighted by Gasteiger charge is 2.37. The molecule has 0 unspecified atom stereocenters. The van der Waals surface area contributed by atoms with Crippen LogP contribution in [-0.4, -0.2) is 68.1 Å². The van der Waals surface area contributed by atoms with Crippen LogP contribution in [0.1, 0.15) is 67.2 Å². The zero-order chi connectivity index (χ0) is 23.2. The summed E-state index contributed by atoms with van der Waals surface area (Å²) >= 11 is 0. The van der Waals surface area contributed by atoms with E-state index in [1.54, 1.807) is 24.8 Å². The van der Waals surface area contributed by atoms with E-state index in [0.717, 1.165) is 23.4 Å². The first-order valence-electron chi connectivity index (χ1n) is 10.9. The van der Waals surface area contributed by atoms with Crippen molar-refractivity contribution in [1.82, 2.24) is 19.4 Å². The summed E-state index contributed by atoms with van der Waals surface area (Å²) in [7, 11) is 0. The Labute approximate surface area is 183 Å². The second-order valence-electron chi connectivity index (χ2n) is 8.97. The Morgan fingerprint density at radius 1 is 1.12 bits per heavy atom. The van der Waals surface area contributed by atoms with E-state index in [2.05, 4.69) is 5.10 Å². The van der Waals surface area contributed by atoms with Crippen LogP contribution < -0.4 is 0 Å². The van der Waals surface area contributed by atoms with Gasteiger partial charge in [0.05, 0.1) is 11.6 Å². The third-order valence-corrected chi connectivity index (χ3v) is 6.41. The quantitative estimate of drug-likeness (QED) is 0.777. The molecule has 4 rings (SSSR count). The molecule has 1 saturated carbocycles. The van der Waals surface area contributed by atoms with E-state index in [1.807, 2.05) is 0 Å². The predicted octanol–water partition coefficient (Wildman–Crippen LogP) is 3.06. The maximum absolute atomic E-state index is 13.6. The van der Waals surface area contributed by atoms with Gasteiger partial charge in [0, 0.05) is 19.1 Å². The van der Waals surface area contributed by atoms with Gasteiger partial charge in [-0.2, -0.15) is 18.3 Å². The first kappa shape index (κ1) is 22.6. The molecule has 2 aromatic rings. The van der Waals surface area contributed by atoms with Crippen LogP contribution in [0.2, 0.25) is 0 Å². The van der Waals surface area contributed by atoms with Crippen molar-refractivity contribution in [3.63, 3.8) is 0 Å². The highest BCUT2D eigenvalue weighted by atomic mass is 19.4. The summed E-state index contributed by atoms with van der Waals surface area (Å²) < 4.78 is 41.6. The summed E-state index contributed by atoms with van der Waals surface area (Å²) in [5.74, 6) is -0.866. The first-order valence-corrected chi connectivity index (χ1v) is 10.9. The van der Waals surface area contributed by atoms with Crippen LogP contribution in [-0.2, 0) is 11.0 Å². The van der Waals surface area contributed by atoms with Gasteiger partial charge in [-0.3, -0.25) is 9.59 Å². The Kier molecular flexibility index (Phi) is 5.91. The molecule has 1 saturated heterocycles. The monoisotopic (exact) mass is 452 g/mol. The zero-order valence-corrected chi connectivity index (χ0v) is 18.1. The topological polar surface area (TPSA) is 78.2 Å². The molecule has 2 aromatic heterocycles. The molecule has 1 aliphatic carbocycles. The van der Waals surface area contributed by atoms with Gasteiger partial charge in [0.1, 0.15) is 12.2 Å². The van der Waals surface area contributed by atoms with Crippen LogP contribution in [0.5, 0.6) is 0 Å². The van der Waals surface area contributed by atoms with Crippen molar-refractivity contribution in [3.8, 4) is 0 Å². The fraction of sp³-hybridized carbons (Fsp3) is 0.591. The number of hydrogen-bond donors (Lipinski definition) is 1. The SMILES string of the molecule is CC(C)c1cc(C(F)(F)F)n2nc(C(=O)N3CCN(C4CCC(O)CC4)C(=O)C3)cc2c1. The third kappa shape index (κ3) is 4.32. The van der Waals surface area contributed by atoms with Crippen LogP contribution in [0.25, 0.3) is 5.52 Å². The first-order chi connectivity index (χ1) is 15.0. The van der Waals surface area contributed by atoms with Gasteiger partial charge < -0.3 is 14.9 Å². The lowest BCUT2D eigenvalue weighted by atomic mass is 9.91. The fourth-order valence-corrected chi connectivity index (χ4v) is 4.54. The maximum atomic E-state index is 13.6. The van der Waals surface area contributed by atoms with E-state index in [4.69, 9.17) is 0 Å². The lowest BCUT2D eigenvalue weighted by molar-refractivity contribution is -0.142. The van der Waals surface area contributed by atoms with Gasteiger partial charge in [-0.1, -0.05) is 13.8 Å². The highest BCUT2D eigenvalue weighted by molar-refractivity contribution is 5.96. The van der Waals surface area contributed by atoms with E-state index in [9.17, 15) is 27.9 Å². The summed E-state index contributed by atoms with van der Waals surface area (Å²) in [6.45, 7) is 4.12. The predicted molar refractivity (Wildman–Crippen MR) is 110 cm³/mol. The number of rotatable bonds is 3. The van der Waals surface area contributed by atoms with Crippen molar-refractivity contribution < 1.29 is 27.9 Å². The summed E-state index contributed by atoms with van der Waals surface area (Å²) in [6, 6.07) is 4.07. The van der Waals surface area contributed by atoms with Gasteiger partial charge in [0.25, 0.3) is 5.91 Å². The number of carbonyl (C=O) groups excluding carboxylic acids is 2. The lowest BCUT2D eigenvalue weighted by Gasteiger charge is -2.41. The number of aliphatic hydroxyl groups excluding tert-OH is 1. The summed E-state index contributed by atoms with van der Waals surface area (Å²) in [5.41, 5.74) is -0.348. The Hall–Kier alpha value is -2.62. The number of alkyl halides is 3. The number of fused-ring (bicyclic) bond motifs is 1. The summed E-state index contributed by atoms with van der Waals surface area (Å²) in [5, 5.41) is 13.6. The molecule has 3 heterocycles. The molecule has 0 bridgehead atoms. The van der Waals surface area contributed by atoms with Crippen LogP contribution in [0.4, 0.5) is 13.2 Å². The van der Waals surface area contributed by atoms with Crippen molar-refractivity contribution in [3.05, 3.63) is 35.2 Å². The number of hydrogen-bond acceptors (Lipinski definition) is 4. The smallest absolute Gasteiger partial charge is 0.393 e. The largest absolute Gasteiger partial charge is 0.433 e. The van der Waals surface area contributed by atoms with Crippen LogP contribution >= 0.6 is 0 Å². The molecule has 174 valence electrons. The Bertz CT molecular complexity index is 1030. The Balaban J connectivity index is 1.55. The third-order valence-electron chi connectivity index (χ3n) is 6.41. The van der Waals surface area contributed by atoms with E-state index >= 15 is 0 Å². The molecule has 0 radical (unpaired) electrons. The Morgan fingerprint density at radius 2 is 1.81 bits per heavy atom. The number of amides is 2. The summed E-state index contributed by atoms with van der Waals surface area (Å²) in [6.07, 6.45) is -2.18. The number of carbonyl (C=O) groups is 2. The second-order valence-corrected chi connectivity index (χ2v) is 8.97. The van der Waals surface area contributed by atoms with Gasteiger partial charge in [0.15, 0.2) is 5.69 Å². The Morgan fingerprint density at radius 3 is 2.41 bits per heavy atom. The number of piperazine rings is 1. The normalized spacial score (nSPS) is 22.8. The van der Waals surface area contributed by atoms with Gasteiger partial charge in [-0.05, 0) is 55.4 Å². The molecule has 2 amide bonds. The van der Waals surface area contributed by atoms with Gasteiger partial charge >= 0.3 is 6.18 Å². The van der Waals surface area contributed by atoms with Crippen molar-refractivity contribution in [1.29, 1.82) is 0 Å². The lowest BCUT2D eigenvalue weighted by Crippen LogP contribution is -2.56. The molecular weight excluding hydrogens is 425 g/mol. The summed E-state index contributed by atoms with van der Waals surface area (Å²) in [4.78, 5) is 28.8. The molecule has 1 N–H and O–H groups in total. The molecular formula is C22H27F3N4O3. The minimum atomic E-state index is -4.62. The van der Waals surface area contributed by atoms with E-state index in [0.29, 0.717) is 31.5 Å². The number of aromatic nitrogens is 2. The average molecular weight is 452 g/mol. The van der Waals surface area contributed by atoms with E-state index < -0.39 is 17.8 Å². The van der Waals surface area contributed by atoms with Crippen LogP contribution in [0.3, 0.4) is 0 Å². The van der Waals surface area contributed by atoms with Crippen LogP contribution in [0, 0.1) is 0 Å². The van der Waals surface area contributed by atoms with Crippen molar-refractivity contribution >= 4 is 17.3 Å². The fourth-order valence-electron chi connectivity index (χ4n) is 4.54. The van der Waals surface area contributed by atoms with Gasteiger partial charge in [0.2, 0.25) is 5.91 Å². The van der Waals surface area contributed by atoms with Crippen molar-refractivity contribution in [2.24, 2.45) is 0 Å². The minimum Gasteiger partial charge on any atom is -0.393 e. The van der Waals surface area contributed by atoms with Gasteiger partial charge in [-0.25, -0.2) is 4.52 Å². The molecule has 10 heteroatoms. The van der Waals surface area contributed by atoms with Gasteiger partial charge in [-0.15, -0.1) is 0 Å². The van der Waals surface area contributed by atoms with Crippen LogP contribution in [0.15, 0.2) is 18.2 Å². The molecule has 1 aliphatic heterocycles. The average Bonchev–Trinajstić information content (AvgIpc) is 3.16. The number of pyridine rings is 1. The molecule has 2 aliphatic rings. The molecule has 32 heavy (non-hydrogen) atoms. The molecule has 0 spiro atoms. The molecule has 0 aromatic carbocycles. The second kappa shape index (κ2) is 8.38. The number of aliphatic hydroxyl groups is 1. The number of halogens is 3. The van der Waals surface area contributed by atoms with E-state index in [-0.39, 0.29) is 41.7 Å². The zero-order valence-electron chi connectivity index (χ0n) is 18.1. The minimum absolute atomic E-state index is 0.0575. The number of nitrogens with zero attached hydrogens (tertiary/aromatic N) is 4. The van der Waals surface area contributed by atoms with Crippen molar-refractivity contribution in [2.45, 2.75) is 63.8 Å². The maximum Gasteiger partial charge on any atom is 0.433 e. The molecule has 0 atom stereocenters. The molecule has 2 fully saturated rings. The molecule has 7 nitrogen and oxygen atoms in total. The van der Waals surface area contributed by atoms with Crippen molar-refractivity contribution in [2.75, 3.05) is 19.6 Å². The van der Waals surface area contributed by atoms with E-state index in [1.165, 1.54) is 11.0 Å². The standard InChI is InChI=1S/C22H27F3N4O3/c1-13(2)14-9-16-11-18(26-29(16)19(10-14)22(23,24)25)21(32)27-7-8-28(20(31)12-27)15-3-5-17(30)6-4-15/h9-11,13,15,17,30H,3-8,12H2,1-2H3.